The van der Waals surface area contributed by atoms with Crippen LogP contribution in [0.4, 0.5) is 4.79 Å². The molecule has 0 aliphatic heterocycles. The van der Waals surface area contributed by atoms with Crippen molar-refractivity contribution in [3.05, 3.63) is 30.4 Å². The first-order valence-electron chi connectivity index (χ1n) is 8.89. The Bertz CT molecular complexity index is 556. The highest BCUT2D eigenvalue weighted by atomic mass is 16.5. The second-order valence-corrected chi connectivity index (χ2v) is 5.87. The molecular formula is C18H29N3O6. The van der Waals surface area contributed by atoms with Gasteiger partial charge in [-0.25, -0.2) is 19.4 Å². The minimum absolute atomic E-state index is 0.187. The van der Waals surface area contributed by atoms with Crippen LogP contribution < -0.4 is 5.32 Å². The van der Waals surface area contributed by atoms with E-state index in [1.54, 1.807) is 12.5 Å². The van der Waals surface area contributed by atoms with E-state index in [-0.39, 0.29) is 12.1 Å². The standard InChI is InChI=1S/C14H25N3O2.C4H4O4/c1-3-4-5-7-12(2)17-14(18)19-9-6-8-13-10-15-11-16-13;5-3(6)1-2-4(7)8/h10-12H,3-9H2,1-2H3,(H,15,16)(H,17,18);1-2H,(H,5,6)(H,7,8)/b;2-1+/t12-;/m0./s1. The highest BCUT2D eigenvalue weighted by Gasteiger charge is 2.07. The van der Waals surface area contributed by atoms with Crippen molar-refractivity contribution < 1.29 is 29.3 Å². The fourth-order valence-corrected chi connectivity index (χ4v) is 2.01. The van der Waals surface area contributed by atoms with E-state index in [0.29, 0.717) is 18.8 Å². The van der Waals surface area contributed by atoms with Crippen molar-refractivity contribution in [2.45, 2.75) is 58.4 Å². The Kier molecular flexibility index (Phi) is 13.8. The second kappa shape index (κ2) is 15.4. The number of imidazole rings is 1. The number of alkyl carbamates (subject to hydrolysis) is 1. The zero-order valence-electron chi connectivity index (χ0n) is 15.8. The summed E-state index contributed by atoms with van der Waals surface area (Å²) in [6.07, 6.45) is 10.5. The number of aromatic amines is 1. The van der Waals surface area contributed by atoms with Crippen LogP contribution in [0.2, 0.25) is 0 Å². The molecule has 9 nitrogen and oxygen atoms in total. The van der Waals surface area contributed by atoms with Crippen LogP contribution in [0, 0.1) is 0 Å². The van der Waals surface area contributed by atoms with Gasteiger partial charge >= 0.3 is 18.0 Å². The first kappa shape index (κ1) is 24.2. The van der Waals surface area contributed by atoms with Crippen LogP contribution in [0.3, 0.4) is 0 Å². The lowest BCUT2D eigenvalue weighted by Gasteiger charge is -2.13. The molecule has 152 valence electrons. The molecule has 4 N–H and O–H groups in total. The van der Waals surface area contributed by atoms with E-state index in [9.17, 15) is 14.4 Å². The summed E-state index contributed by atoms with van der Waals surface area (Å²) in [5, 5.41) is 18.5. The monoisotopic (exact) mass is 383 g/mol. The largest absolute Gasteiger partial charge is 0.478 e. The number of ether oxygens (including phenoxy) is 1. The van der Waals surface area contributed by atoms with Crippen molar-refractivity contribution in [2.24, 2.45) is 0 Å². The van der Waals surface area contributed by atoms with Gasteiger partial charge in [-0.1, -0.05) is 26.2 Å². The smallest absolute Gasteiger partial charge is 0.407 e. The highest BCUT2D eigenvalue weighted by Crippen LogP contribution is 2.03. The molecule has 0 saturated heterocycles. The number of H-pyrrole nitrogens is 1. The van der Waals surface area contributed by atoms with Crippen LogP contribution in [0.15, 0.2) is 24.7 Å². The molecule has 0 fully saturated rings. The summed E-state index contributed by atoms with van der Waals surface area (Å²) in [5.41, 5.74) is 1.07. The van der Waals surface area contributed by atoms with Crippen molar-refractivity contribution in [1.82, 2.24) is 15.3 Å². The van der Waals surface area contributed by atoms with Crippen molar-refractivity contribution >= 4 is 18.0 Å². The molecule has 0 bridgehead atoms. The van der Waals surface area contributed by atoms with E-state index < -0.39 is 11.9 Å². The van der Waals surface area contributed by atoms with Gasteiger partial charge in [-0.3, -0.25) is 0 Å². The van der Waals surface area contributed by atoms with E-state index in [1.165, 1.54) is 12.8 Å². The van der Waals surface area contributed by atoms with Gasteiger partial charge in [0, 0.05) is 30.1 Å². The minimum atomic E-state index is -1.26. The number of aryl methyl sites for hydroxylation is 1. The molecule has 1 aromatic heterocycles. The maximum Gasteiger partial charge on any atom is 0.407 e. The fraction of sp³-hybridized carbons (Fsp3) is 0.556. The average Bonchev–Trinajstić information content (AvgIpc) is 3.11. The Hall–Kier alpha value is -2.84. The fourth-order valence-electron chi connectivity index (χ4n) is 2.01. The highest BCUT2D eigenvalue weighted by molar-refractivity contribution is 5.89. The molecule has 0 saturated carbocycles. The quantitative estimate of drug-likeness (QED) is 0.340. The van der Waals surface area contributed by atoms with Crippen LogP contribution >= 0.6 is 0 Å². The first-order chi connectivity index (χ1) is 12.8. The lowest BCUT2D eigenvalue weighted by molar-refractivity contribution is -0.134. The molecule has 0 unspecified atom stereocenters. The molecule has 0 spiro atoms. The Morgan fingerprint density at radius 2 is 1.89 bits per heavy atom. The molecule has 1 heterocycles. The third-order valence-electron chi connectivity index (χ3n) is 3.35. The third-order valence-corrected chi connectivity index (χ3v) is 3.35. The van der Waals surface area contributed by atoms with E-state index in [4.69, 9.17) is 14.9 Å². The average molecular weight is 383 g/mol. The number of carbonyl (C=O) groups excluding carboxylic acids is 1. The van der Waals surface area contributed by atoms with E-state index >= 15 is 0 Å². The van der Waals surface area contributed by atoms with Crippen LogP contribution in [0.5, 0.6) is 0 Å². The Morgan fingerprint density at radius 1 is 1.22 bits per heavy atom. The molecule has 0 radical (unpaired) electrons. The van der Waals surface area contributed by atoms with Crippen LogP contribution in [0.1, 0.15) is 51.6 Å². The van der Waals surface area contributed by atoms with Crippen molar-refractivity contribution in [2.75, 3.05) is 6.61 Å². The molecule has 1 atom stereocenters. The Labute approximate surface area is 158 Å². The molecule has 0 aromatic carbocycles. The van der Waals surface area contributed by atoms with Crippen LogP contribution in [-0.4, -0.2) is 50.9 Å². The normalized spacial score (nSPS) is 11.3. The van der Waals surface area contributed by atoms with Gasteiger partial charge in [-0.15, -0.1) is 0 Å². The molecule has 1 amide bonds. The first-order valence-corrected chi connectivity index (χ1v) is 8.89. The number of amides is 1. The zero-order chi connectivity index (χ0) is 20.5. The summed E-state index contributed by atoms with van der Waals surface area (Å²) in [5.74, 6) is -2.51. The van der Waals surface area contributed by atoms with Gasteiger partial charge in [0.25, 0.3) is 0 Å². The van der Waals surface area contributed by atoms with Gasteiger partial charge in [-0.2, -0.15) is 0 Å². The number of aliphatic carboxylic acids is 2. The van der Waals surface area contributed by atoms with Gasteiger partial charge in [0.2, 0.25) is 0 Å². The van der Waals surface area contributed by atoms with Gasteiger partial charge in [0.05, 0.1) is 12.9 Å². The van der Waals surface area contributed by atoms with E-state index in [0.717, 1.165) is 31.4 Å². The SMILES string of the molecule is CCCCC[C@H](C)NC(=O)OCCCc1cnc[nH]1.O=C(O)/C=C/C(=O)O. The molecule has 1 aromatic rings. The number of carbonyl (C=O) groups is 3. The number of unbranched alkanes of at least 4 members (excludes halogenated alkanes) is 2. The summed E-state index contributed by atoms with van der Waals surface area (Å²) in [6, 6.07) is 0.187. The van der Waals surface area contributed by atoms with Gasteiger partial charge in [0.15, 0.2) is 0 Å². The number of hydrogen-bond acceptors (Lipinski definition) is 5. The number of carboxylic acids is 2. The summed E-state index contributed by atoms with van der Waals surface area (Å²) >= 11 is 0. The van der Waals surface area contributed by atoms with Crippen molar-refractivity contribution in [1.29, 1.82) is 0 Å². The number of carboxylic acid groups (broad SMARTS) is 2. The minimum Gasteiger partial charge on any atom is -0.478 e. The lowest BCUT2D eigenvalue weighted by Crippen LogP contribution is -2.33. The van der Waals surface area contributed by atoms with E-state index in [2.05, 4.69) is 22.2 Å². The lowest BCUT2D eigenvalue weighted by atomic mass is 10.1. The van der Waals surface area contributed by atoms with Crippen LogP contribution in [-0.2, 0) is 20.7 Å². The van der Waals surface area contributed by atoms with Gasteiger partial charge in [-0.05, 0) is 26.2 Å². The summed E-state index contributed by atoms with van der Waals surface area (Å²) in [7, 11) is 0. The molecule has 27 heavy (non-hydrogen) atoms. The summed E-state index contributed by atoms with van der Waals surface area (Å²) in [6.45, 7) is 4.63. The maximum absolute atomic E-state index is 11.5. The second-order valence-electron chi connectivity index (χ2n) is 5.87. The zero-order valence-corrected chi connectivity index (χ0v) is 15.8. The summed E-state index contributed by atoms with van der Waals surface area (Å²) < 4.78 is 5.13. The van der Waals surface area contributed by atoms with Crippen LogP contribution in [0.25, 0.3) is 0 Å². The maximum atomic E-state index is 11.5. The van der Waals surface area contributed by atoms with Gasteiger partial charge in [0.1, 0.15) is 0 Å². The Morgan fingerprint density at radius 3 is 2.41 bits per heavy atom. The topological polar surface area (TPSA) is 142 Å². The number of nitrogens with zero attached hydrogens (tertiary/aromatic N) is 1. The molecule has 0 aliphatic rings. The molecular weight excluding hydrogens is 354 g/mol. The molecule has 0 aliphatic carbocycles. The molecule has 1 rings (SSSR count). The number of rotatable bonds is 11. The predicted molar refractivity (Wildman–Crippen MR) is 99.4 cm³/mol. The predicted octanol–water partition coefficient (Wildman–Crippen LogP) is 2.75. The van der Waals surface area contributed by atoms with Crippen molar-refractivity contribution in [3.63, 3.8) is 0 Å². The van der Waals surface area contributed by atoms with Gasteiger partial charge < -0.3 is 25.3 Å². The molecule has 9 heteroatoms. The summed E-state index contributed by atoms with van der Waals surface area (Å²) in [4.78, 5) is 37.6. The number of hydrogen-bond donors (Lipinski definition) is 4. The number of nitrogens with one attached hydrogen (secondary N) is 2. The number of aromatic nitrogens is 2. The van der Waals surface area contributed by atoms with Crippen molar-refractivity contribution in [3.8, 4) is 0 Å². The van der Waals surface area contributed by atoms with E-state index in [1.807, 2.05) is 6.92 Å². The Balaban J connectivity index is 0.000000713. The third kappa shape index (κ3) is 16.4.